The van der Waals surface area contributed by atoms with Crippen LogP contribution in [0, 0.1) is 5.92 Å². The molecule has 0 bridgehead atoms. The van der Waals surface area contributed by atoms with Gasteiger partial charge in [-0.15, -0.1) is 0 Å². The van der Waals surface area contributed by atoms with E-state index in [-0.39, 0.29) is 6.04 Å². The maximum atomic E-state index is 5.99. The molecule has 1 rings (SSSR count). The molecule has 0 saturated heterocycles. The second kappa shape index (κ2) is 7.78. The number of ether oxygens (including phenoxy) is 2. The number of nitrogens with one attached hydrogen (secondary N) is 1. The van der Waals surface area contributed by atoms with Crippen molar-refractivity contribution in [1.29, 1.82) is 0 Å². The smallest absolute Gasteiger partial charge is 0.242 e. The van der Waals surface area contributed by atoms with Gasteiger partial charge in [0.15, 0.2) is 5.82 Å². The highest BCUT2D eigenvalue weighted by molar-refractivity contribution is 5.66. The van der Waals surface area contributed by atoms with E-state index < -0.39 is 0 Å². The number of rotatable bonds is 8. The maximum absolute atomic E-state index is 5.99. The molecule has 3 N–H and O–H groups in total. The van der Waals surface area contributed by atoms with Crippen molar-refractivity contribution in [2.45, 2.75) is 33.7 Å². The fourth-order valence-corrected chi connectivity index (χ4v) is 1.57. The van der Waals surface area contributed by atoms with Crippen LogP contribution >= 0.6 is 0 Å². The van der Waals surface area contributed by atoms with Crippen LogP contribution in [0.3, 0.4) is 0 Å². The quantitative estimate of drug-likeness (QED) is 0.749. The number of hydrogen-bond acceptors (Lipinski definition) is 6. The van der Waals surface area contributed by atoms with Gasteiger partial charge in [-0.3, -0.25) is 0 Å². The molecule has 108 valence electrons. The van der Waals surface area contributed by atoms with Gasteiger partial charge in [0.25, 0.3) is 0 Å². The highest BCUT2D eigenvalue weighted by atomic mass is 16.5. The summed E-state index contributed by atoms with van der Waals surface area (Å²) in [4.78, 5) is 8.18. The van der Waals surface area contributed by atoms with Gasteiger partial charge in [-0.25, -0.2) is 4.98 Å². The molecule has 0 aromatic carbocycles. The first-order chi connectivity index (χ1) is 9.10. The van der Waals surface area contributed by atoms with Gasteiger partial charge in [-0.2, -0.15) is 4.98 Å². The molecule has 1 aromatic heterocycles. The number of anilines is 2. The molecule has 6 heteroatoms. The average Bonchev–Trinajstić information content (AvgIpc) is 2.38. The van der Waals surface area contributed by atoms with Crippen molar-refractivity contribution < 1.29 is 9.47 Å². The van der Waals surface area contributed by atoms with Gasteiger partial charge in [0.1, 0.15) is 12.0 Å². The van der Waals surface area contributed by atoms with E-state index in [9.17, 15) is 0 Å². The van der Waals surface area contributed by atoms with E-state index in [0.717, 1.165) is 0 Å². The molecular weight excluding hydrogens is 244 g/mol. The molecule has 0 aliphatic carbocycles. The minimum absolute atomic E-state index is 0.145. The summed E-state index contributed by atoms with van der Waals surface area (Å²) in [5, 5.41) is 3.30. The third-order valence-electron chi connectivity index (χ3n) is 2.76. The van der Waals surface area contributed by atoms with Crippen LogP contribution in [0.2, 0.25) is 0 Å². The first-order valence-corrected chi connectivity index (χ1v) is 6.67. The Kier molecular flexibility index (Phi) is 6.35. The average molecular weight is 268 g/mol. The Hall–Kier alpha value is -1.56. The first kappa shape index (κ1) is 15.5. The van der Waals surface area contributed by atoms with Crippen molar-refractivity contribution in [1.82, 2.24) is 9.97 Å². The lowest BCUT2D eigenvalue weighted by atomic mass is 10.1. The second-order valence-electron chi connectivity index (χ2n) is 4.53. The van der Waals surface area contributed by atoms with E-state index in [1.165, 1.54) is 6.33 Å². The van der Waals surface area contributed by atoms with E-state index in [1.54, 1.807) is 0 Å². The molecule has 0 fully saturated rings. The Morgan fingerprint density at radius 1 is 1.26 bits per heavy atom. The summed E-state index contributed by atoms with van der Waals surface area (Å²) in [6.45, 7) is 9.93. The van der Waals surface area contributed by atoms with E-state index in [2.05, 4.69) is 29.1 Å². The van der Waals surface area contributed by atoms with E-state index in [1.807, 2.05) is 13.8 Å². The highest BCUT2D eigenvalue weighted by Crippen LogP contribution is 2.25. The van der Waals surface area contributed by atoms with E-state index in [0.29, 0.717) is 43.1 Å². The molecule has 0 spiro atoms. The molecule has 0 amide bonds. The summed E-state index contributed by atoms with van der Waals surface area (Å²) < 4.78 is 10.8. The van der Waals surface area contributed by atoms with Crippen LogP contribution in [0.15, 0.2) is 6.33 Å². The van der Waals surface area contributed by atoms with Crippen molar-refractivity contribution in [3.05, 3.63) is 6.33 Å². The molecular formula is C13H24N4O2. The summed E-state index contributed by atoms with van der Waals surface area (Å²) in [6.07, 6.45) is 1.45. The van der Waals surface area contributed by atoms with E-state index >= 15 is 0 Å². The van der Waals surface area contributed by atoms with Crippen LogP contribution < -0.4 is 15.8 Å². The van der Waals surface area contributed by atoms with Crippen LogP contribution in [-0.2, 0) is 4.74 Å². The van der Waals surface area contributed by atoms with Gasteiger partial charge < -0.3 is 20.5 Å². The van der Waals surface area contributed by atoms with Crippen LogP contribution in [-0.4, -0.2) is 35.8 Å². The normalized spacial score (nSPS) is 12.5. The molecule has 0 saturated carbocycles. The third-order valence-corrected chi connectivity index (χ3v) is 2.76. The SMILES string of the molecule is CCOCC(Nc1ncnc(OCC)c1N)C(C)C. The minimum Gasteiger partial charge on any atom is -0.476 e. The van der Waals surface area contributed by atoms with Gasteiger partial charge >= 0.3 is 0 Å². The fourth-order valence-electron chi connectivity index (χ4n) is 1.57. The molecule has 1 atom stereocenters. The number of nitrogens with two attached hydrogens (primary N) is 1. The topological polar surface area (TPSA) is 82.3 Å². The summed E-state index contributed by atoms with van der Waals surface area (Å²) in [5.41, 5.74) is 6.43. The minimum atomic E-state index is 0.145. The summed E-state index contributed by atoms with van der Waals surface area (Å²) in [5.74, 6) is 1.41. The van der Waals surface area contributed by atoms with Crippen molar-refractivity contribution in [2.75, 3.05) is 30.9 Å². The zero-order valence-corrected chi connectivity index (χ0v) is 12.1. The molecule has 1 unspecified atom stereocenters. The summed E-state index contributed by atoms with van der Waals surface area (Å²) >= 11 is 0. The Morgan fingerprint density at radius 2 is 2.00 bits per heavy atom. The predicted octanol–water partition coefficient (Wildman–Crippen LogP) is 1.93. The van der Waals surface area contributed by atoms with Crippen LogP contribution in [0.4, 0.5) is 11.5 Å². The van der Waals surface area contributed by atoms with Gasteiger partial charge in [-0.1, -0.05) is 13.8 Å². The van der Waals surface area contributed by atoms with Gasteiger partial charge in [0, 0.05) is 6.61 Å². The van der Waals surface area contributed by atoms with Crippen molar-refractivity contribution in [2.24, 2.45) is 5.92 Å². The second-order valence-corrected chi connectivity index (χ2v) is 4.53. The standard InChI is InChI=1S/C13H24N4O2/c1-5-18-7-10(9(3)4)17-12-11(14)13(19-6-2)16-8-15-12/h8-10H,5-7,14H2,1-4H3,(H,15,16,17). The highest BCUT2D eigenvalue weighted by Gasteiger charge is 2.17. The molecule has 1 aromatic rings. The zero-order valence-electron chi connectivity index (χ0n) is 12.1. The molecule has 0 aliphatic heterocycles. The molecule has 0 radical (unpaired) electrons. The lowest BCUT2D eigenvalue weighted by Crippen LogP contribution is -2.31. The predicted molar refractivity (Wildman–Crippen MR) is 76.4 cm³/mol. The van der Waals surface area contributed by atoms with Crippen molar-refractivity contribution >= 4 is 11.5 Å². The molecule has 6 nitrogen and oxygen atoms in total. The van der Waals surface area contributed by atoms with Crippen molar-refractivity contribution in [3.8, 4) is 5.88 Å². The van der Waals surface area contributed by atoms with Crippen LogP contribution in [0.5, 0.6) is 5.88 Å². The van der Waals surface area contributed by atoms with Crippen molar-refractivity contribution in [3.63, 3.8) is 0 Å². The Morgan fingerprint density at radius 3 is 2.58 bits per heavy atom. The van der Waals surface area contributed by atoms with E-state index in [4.69, 9.17) is 15.2 Å². The first-order valence-electron chi connectivity index (χ1n) is 6.67. The largest absolute Gasteiger partial charge is 0.476 e. The third kappa shape index (κ3) is 4.55. The monoisotopic (exact) mass is 268 g/mol. The van der Waals surface area contributed by atoms with Crippen LogP contribution in [0.25, 0.3) is 0 Å². The summed E-state index contributed by atoms with van der Waals surface area (Å²) in [6, 6.07) is 0.145. The molecule has 1 heterocycles. The van der Waals surface area contributed by atoms with Crippen LogP contribution in [0.1, 0.15) is 27.7 Å². The van der Waals surface area contributed by atoms with Gasteiger partial charge in [0.05, 0.1) is 19.3 Å². The lowest BCUT2D eigenvalue weighted by molar-refractivity contribution is 0.126. The molecule has 0 aliphatic rings. The number of nitrogen functional groups attached to an aromatic ring is 1. The lowest BCUT2D eigenvalue weighted by Gasteiger charge is -2.23. The number of aromatic nitrogens is 2. The number of nitrogens with zero attached hydrogens (tertiary/aromatic N) is 2. The van der Waals surface area contributed by atoms with Gasteiger partial charge in [0.2, 0.25) is 5.88 Å². The molecule has 19 heavy (non-hydrogen) atoms. The number of hydrogen-bond donors (Lipinski definition) is 2. The Balaban J connectivity index is 2.81. The summed E-state index contributed by atoms with van der Waals surface area (Å²) in [7, 11) is 0. The fraction of sp³-hybridized carbons (Fsp3) is 0.692. The Bertz CT molecular complexity index is 385. The zero-order chi connectivity index (χ0) is 14.3. The Labute approximate surface area is 114 Å². The maximum Gasteiger partial charge on any atom is 0.242 e. The van der Waals surface area contributed by atoms with Gasteiger partial charge in [-0.05, 0) is 19.8 Å².